The number of anilines is 1. The van der Waals surface area contributed by atoms with Gasteiger partial charge in [-0.1, -0.05) is 12.6 Å². The van der Waals surface area contributed by atoms with Crippen molar-refractivity contribution >= 4 is 18.3 Å². The van der Waals surface area contributed by atoms with E-state index in [0.717, 1.165) is 18.0 Å². The van der Waals surface area contributed by atoms with E-state index < -0.39 is 0 Å². The number of rotatable bonds is 3. The number of hydrogen-bond acceptors (Lipinski definition) is 1. The summed E-state index contributed by atoms with van der Waals surface area (Å²) in [5.74, 6) is 0. The molecule has 0 saturated carbocycles. The van der Waals surface area contributed by atoms with Gasteiger partial charge in [0.1, 0.15) is 0 Å². The van der Waals surface area contributed by atoms with Crippen LogP contribution >= 0.6 is 12.6 Å². The van der Waals surface area contributed by atoms with Crippen molar-refractivity contribution in [2.45, 2.75) is 18.7 Å². The molecule has 0 aliphatic heterocycles. The first-order chi connectivity index (χ1) is 5.77. The molecule has 0 atom stereocenters. The lowest BCUT2D eigenvalue weighted by Crippen LogP contribution is -2.21. The van der Waals surface area contributed by atoms with E-state index in [9.17, 15) is 0 Å². The molecule has 0 aromatic heterocycles. The molecule has 0 saturated heterocycles. The monoisotopic (exact) mass is 180 g/mol. The summed E-state index contributed by atoms with van der Waals surface area (Å²) >= 11 is 5.01. The molecule has 0 spiro atoms. The van der Waals surface area contributed by atoms with Gasteiger partial charge in [0.05, 0.1) is 0 Å². The standard InChI is InChI=1S/C10H14NS/c1-3-11(4-2)9-5-7-10(12)8-6-9/h5-8H,3-4H2,1-2H3. The first-order valence-corrected chi connectivity index (χ1v) is 4.70. The Morgan fingerprint density at radius 2 is 1.58 bits per heavy atom. The second kappa shape index (κ2) is 4.31. The van der Waals surface area contributed by atoms with Gasteiger partial charge in [0.2, 0.25) is 0 Å². The third-order valence-corrected chi connectivity index (χ3v) is 2.24. The number of benzene rings is 1. The molecule has 1 aromatic carbocycles. The highest BCUT2D eigenvalue weighted by molar-refractivity contribution is 7.80. The van der Waals surface area contributed by atoms with Crippen LogP contribution in [0.25, 0.3) is 0 Å². The van der Waals surface area contributed by atoms with Gasteiger partial charge in [-0.25, -0.2) is 0 Å². The molecule has 1 nitrogen and oxygen atoms in total. The highest BCUT2D eigenvalue weighted by Gasteiger charge is 1.99. The lowest BCUT2D eigenvalue weighted by molar-refractivity contribution is 0.865. The van der Waals surface area contributed by atoms with Crippen molar-refractivity contribution in [3.05, 3.63) is 24.3 Å². The minimum absolute atomic E-state index is 0.908. The number of nitrogens with zero attached hydrogens (tertiary/aromatic N) is 1. The maximum absolute atomic E-state index is 5.01. The van der Waals surface area contributed by atoms with E-state index in [-0.39, 0.29) is 0 Å². The molecule has 0 unspecified atom stereocenters. The molecule has 0 N–H and O–H groups in total. The van der Waals surface area contributed by atoms with Gasteiger partial charge >= 0.3 is 0 Å². The summed E-state index contributed by atoms with van der Waals surface area (Å²) < 4.78 is 0. The molecule has 12 heavy (non-hydrogen) atoms. The Labute approximate surface area is 79.8 Å². The van der Waals surface area contributed by atoms with E-state index >= 15 is 0 Å². The summed E-state index contributed by atoms with van der Waals surface area (Å²) in [6, 6.07) is 8.11. The lowest BCUT2D eigenvalue weighted by Gasteiger charge is -2.20. The smallest absolute Gasteiger partial charge is 0.0378 e. The first-order valence-electron chi connectivity index (χ1n) is 4.30. The predicted molar refractivity (Wildman–Crippen MR) is 55.9 cm³/mol. The van der Waals surface area contributed by atoms with Crippen LogP contribution in [0.3, 0.4) is 0 Å². The fourth-order valence-corrected chi connectivity index (χ4v) is 1.38. The van der Waals surface area contributed by atoms with Crippen molar-refractivity contribution in [1.82, 2.24) is 0 Å². The van der Waals surface area contributed by atoms with Crippen LogP contribution in [0.15, 0.2) is 29.2 Å². The predicted octanol–water partition coefficient (Wildman–Crippen LogP) is 3.09. The Morgan fingerprint density at radius 3 is 2.00 bits per heavy atom. The molecule has 1 rings (SSSR count). The van der Waals surface area contributed by atoms with E-state index in [1.807, 2.05) is 12.1 Å². The van der Waals surface area contributed by atoms with Crippen LogP contribution in [0.2, 0.25) is 0 Å². The zero-order valence-electron chi connectivity index (χ0n) is 7.58. The normalized spacial score (nSPS) is 9.83. The summed E-state index contributed by atoms with van der Waals surface area (Å²) in [6.45, 7) is 6.41. The van der Waals surface area contributed by atoms with Gasteiger partial charge < -0.3 is 4.90 Å². The van der Waals surface area contributed by atoms with E-state index in [0.29, 0.717) is 0 Å². The van der Waals surface area contributed by atoms with Gasteiger partial charge in [-0.05, 0) is 38.1 Å². The fraction of sp³-hybridized carbons (Fsp3) is 0.400. The molecule has 0 heterocycles. The number of hydrogen-bond donors (Lipinski definition) is 0. The Bertz CT molecular complexity index is 226. The van der Waals surface area contributed by atoms with E-state index in [1.165, 1.54) is 5.69 Å². The van der Waals surface area contributed by atoms with Crippen LogP contribution in [-0.4, -0.2) is 13.1 Å². The van der Waals surface area contributed by atoms with Gasteiger partial charge in [-0.15, -0.1) is 0 Å². The van der Waals surface area contributed by atoms with Crippen molar-refractivity contribution < 1.29 is 0 Å². The maximum atomic E-state index is 5.01. The van der Waals surface area contributed by atoms with Crippen LogP contribution in [0.5, 0.6) is 0 Å². The molecule has 2 heteroatoms. The van der Waals surface area contributed by atoms with E-state index in [2.05, 4.69) is 30.9 Å². The zero-order valence-corrected chi connectivity index (χ0v) is 8.40. The summed E-state index contributed by atoms with van der Waals surface area (Å²) in [5.41, 5.74) is 1.26. The highest BCUT2D eigenvalue weighted by Crippen LogP contribution is 2.16. The molecule has 1 radical (unpaired) electrons. The molecule has 0 bridgehead atoms. The molecule has 0 aliphatic rings. The van der Waals surface area contributed by atoms with Crippen LogP contribution in [0.1, 0.15) is 13.8 Å². The zero-order chi connectivity index (χ0) is 8.97. The van der Waals surface area contributed by atoms with Crippen molar-refractivity contribution in [3.63, 3.8) is 0 Å². The van der Waals surface area contributed by atoms with Crippen LogP contribution < -0.4 is 4.90 Å². The Morgan fingerprint density at radius 1 is 1.08 bits per heavy atom. The molecule has 0 aliphatic carbocycles. The molecular weight excluding hydrogens is 166 g/mol. The van der Waals surface area contributed by atoms with Gasteiger partial charge in [0.15, 0.2) is 0 Å². The quantitative estimate of drug-likeness (QED) is 0.691. The molecule has 0 amide bonds. The topological polar surface area (TPSA) is 3.24 Å². The Hall–Kier alpha value is -0.760. The largest absolute Gasteiger partial charge is 0.372 e. The second-order valence-corrected chi connectivity index (χ2v) is 3.14. The molecule has 1 aromatic rings. The Kier molecular flexibility index (Phi) is 3.35. The van der Waals surface area contributed by atoms with Crippen molar-refractivity contribution in [1.29, 1.82) is 0 Å². The average Bonchev–Trinajstić information content (AvgIpc) is 2.10. The van der Waals surface area contributed by atoms with Crippen molar-refractivity contribution in [2.24, 2.45) is 0 Å². The molecule has 0 fully saturated rings. The van der Waals surface area contributed by atoms with Crippen LogP contribution in [-0.2, 0) is 0 Å². The van der Waals surface area contributed by atoms with Crippen molar-refractivity contribution in [3.8, 4) is 0 Å². The van der Waals surface area contributed by atoms with Crippen LogP contribution in [0, 0.1) is 0 Å². The second-order valence-electron chi connectivity index (χ2n) is 2.67. The molecular formula is C10H14NS. The summed E-state index contributed by atoms with van der Waals surface area (Å²) in [5, 5.41) is 0. The summed E-state index contributed by atoms with van der Waals surface area (Å²) in [6.07, 6.45) is 0. The SMILES string of the molecule is CCN(CC)c1ccc([S])cc1. The van der Waals surface area contributed by atoms with Gasteiger partial charge in [0, 0.05) is 23.7 Å². The first kappa shape index (κ1) is 9.33. The average molecular weight is 180 g/mol. The minimum atomic E-state index is 0.908. The Balaban J connectivity index is 2.80. The van der Waals surface area contributed by atoms with Crippen LogP contribution in [0.4, 0.5) is 5.69 Å². The third kappa shape index (κ3) is 2.11. The minimum Gasteiger partial charge on any atom is -0.372 e. The van der Waals surface area contributed by atoms with Crippen molar-refractivity contribution in [2.75, 3.05) is 18.0 Å². The summed E-state index contributed by atoms with van der Waals surface area (Å²) in [4.78, 5) is 3.21. The maximum Gasteiger partial charge on any atom is 0.0378 e. The van der Waals surface area contributed by atoms with Gasteiger partial charge in [-0.3, -0.25) is 0 Å². The third-order valence-electron chi connectivity index (χ3n) is 1.97. The van der Waals surface area contributed by atoms with E-state index in [4.69, 9.17) is 12.6 Å². The molecule has 65 valence electrons. The van der Waals surface area contributed by atoms with E-state index in [1.54, 1.807) is 0 Å². The fourth-order valence-electron chi connectivity index (χ4n) is 1.25. The highest BCUT2D eigenvalue weighted by atomic mass is 32.1. The summed E-state index contributed by atoms with van der Waals surface area (Å²) in [7, 11) is 0. The lowest BCUT2D eigenvalue weighted by atomic mass is 10.3. The van der Waals surface area contributed by atoms with Gasteiger partial charge in [0.25, 0.3) is 0 Å². The van der Waals surface area contributed by atoms with Gasteiger partial charge in [-0.2, -0.15) is 0 Å².